The van der Waals surface area contributed by atoms with Gasteiger partial charge in [-0.2, -0.15) is 0 Å². The van der Waals surface area contributed by atoms with Crippen LogP contribution in [0.25, 0.3) is 0 Å². The minimum absolute atomic E-state index is 0.0424. The molecule has 0 aliphatic carbocycles. The lowest BCUT2D eigenvalue weighted by Crippen LogP contribution is -2.30. The molecule has 0 spiro atoms. The maximum Gasteiger partial charge on any atom is 0.276 e. The third-order valence-corrected chi connectivity index (χ3v) is 4.01. The topological polar surface area (TPSA) is 68.5 Å². The zero-order valence-electron chi connectivity index (χ0n) is 14.4. The summed E-state index contributed by atoms with van der Waals surface area (Å²) in [4.78, 5) is 22.4. The summed E-state index contributed by atoms with van der Waals surface area (Å²) in [7, 11) is 1.70. The second-order valence-corrected chi connectivity index (χ2v) is 5.75. The molecule has 0 N–H and O–H groups in total. The molecule has 0 bridgehead atoms. The number of aromatic nitrogens is 2. The van der Waals surface area contributed by atoms with Crippen molar-refractivity contribution in [2.75, 3.05) is 7.05 Å². The summed E-state index contributed by atoms with van der Waals surface area (Å²) in [6, 6.07) is 9.19. The van der Waals surface area contributed by atoms with Crippen molar-refractivity contribution in [1.29, 1.82) is 0 Å². The lowest BCUT2D eigenvalue weighted by Gasteiger charge is -2.24. The van der Waals surface area contributed by atoms with Gasteiger partial charge >= 0.3 is 0 Å². The lowest BCUT2D eigenvalue weighted by atomic mass is 10.1. The first-order valence-corrected chi connectivity index (χ1v) is 8.04. The summed E-state index contributed by atoms with van der Waals surface area (Å²) in [5, 5.41) is 0. The Morgan fingerprint density at radius 3 is 2.77 bits per heavy atom. The van der Waals surface area contributed by atoms with E-state index in [1.807, 2.05) is 19.1 Å². The first-order chi connectivity index (χ1) is 12.5. The molecular formula is C19H18FN3O3. The van der Waals surface area contributed by atoms with E-state index in [1.54, 1.807) is 24.3 Å². The van der Waals surface area contributed by atoms with Crippen molar-refractivity contribution in [1.82, 2.24) is 14.9 Å². The molecule has 3 rings (SSSR count). The molecule has 0 aliphatic rings. The Balaban J connectivity index is 1.63. The molecular weight excluding hydrogens is 337 g/mol. The fraction of sp³-hybridized carbons (Fsp3) is 0.211. The molecule has 0 radical (unpaired) electrons. The van der Waals surface area contributed by atoms with Gasteiger partial charge in [0.15, 0.2) is 12.3 Å². The van der Waals surface area contributed by atoms with Crippen LogP contribution in [0.5, 0.6) is 5.75 Å². The minimum atomic E-state index is -0.341. The number of pyridine rings is 1. The minimum Gasteiger partial charge on any atom is -0.484 e. The van der Waals surface area contributed by atoms with Gasteiger partial charge in [-0.1, -0.05) is 6.07 Å². The van der Waals surface area contributed by atoms with Gasteiger partial charge in [-0.25, -0.2) is 9.37 Å². The summed E-state index contributed by atoms with van der Waals surface area (Å²) in [6.07, 6.45) is 4.71. The predicted octanol–water partition coefficient (Wildman–Crippen LogP) is 3.62. The van der Waals surface area contributed by atoms with Crippen LogP contribution in [0.4, 0.5) is 4.39 Å². The normalized spacial score (nSPS) is 11.8. The average molecular weight is 355 g/mol. The Labute approximate surface area is 150 Å². The highest BCUT2D eigenvalue weighted by Gasteiger charge is 2.22. The Hall–Kier alpha value is -3.22. The average Bonchev–Trinajstić information content (AvgIpc) is 3.15. The zero-order valence-corrected chi connectivity index (χ0v) is 14.4. The Kier molecular flexibility index (Phi) is 5.26. The van der Waals surface area contributed by atoms with Gasteiger partial charge in [0.05, 0.1) is 6.04 Å². The van der Waals surface area contributed by atoms with Gasteiger partial charge in [0.1, 0.15) is 17.8 Å². The molecule has 134 valence electrons. The first-order valence-electron chi connectivity index (χ1n) is 8.04. The summed E-state index contributed by atoms with van der Waals surface area (Å²) in [6.45, 7) is 1.95. The van der Waals surface area contributed by atoms with Crippen LogP contribution >= 0.6 is 0 Å². The maximum absolute atomic E-state index is 12.9. The molecule has 26 heavy (non-hydrogen) atoms. The molecule has 0 saturated carbocycles. The van der Waals surface area contributed by atoms with Crippen molar-refractivity contribution in [3.63, 3.8) is 0 Å². The number of nitrogens with zero attached hydrogens (tertiary/aromatic N) is 3. The van der Waals surface area contributed by atoms with Crippen LogP contribution in [0.1, 0.15) is 34.9 Å². The van der Waals surface area contributed by atoms with Crippen LogP contribution in [0.15, 0.2) is 59.5 Å². The lowest BCUT2D eigenvalue weighted by molar-refractivity contribution is 0.0736. The SMILES string of the molecule is CC(c1cccnc1)N(C)C(=O)c1coc(COc2ccc(F)cc2)n1. The molecule has 6 nitrogen and oxygen atoms in total. The Morgan fingerprint density at radius 2 is 2.08 bits per heavy atom. The van der Waals surface area contributed by atoms with E-state index in [4.69, 9.17) is 9.15 Å². The number of carbonyl (C=O) groups excluding carboxylic acids is 1. The number of halogens is 1. The molecule has 0 saturated heterocycles. The number of amides is 1. The number of carbonyl (C=O) groups is 1. The van der Waals surface area contributed by atoms with Crippen LogP contribution < -0.4 is 4.74 Å². The maximum atomic E-state index is 12.9. The third-order valence-electron chi connectivity index (χ3n) is 4.01. The van der Waals surface area contributed by atoms with E-state index in [0.717, 1.165) is 5.56 Å². The Bertz CT molecular complexity index is 865. The van der Waals surface area contributed by atoms with Crippen LogP contribution in [-0.4, -0.2) is 27.8 Å². The highest BCUT2D eigenvalue weighted by atomic mass is 19.1. The van der Waals surface area contributed by atoms with Crippen molar-refractivity contribution in [3.8, 4) is 5.75 Å². The van der Waals surface area contributed by atoms with Crippen molar-refractivity contribution >= 4 is 5.91 Å². The van der Waals surface area contributed by atoms with Crippen LogP contribution in [0.3, 0.4) is 0 Å². The van der Waals surface area contributed by atoms with Crippen molar-refractivity contribution < 1.29 is 18.3 Å². The van der Waals surface area contributed by atoms with Crippen LogP contribution in [-0.2, 0) is 6.61 Å². The van der Waals surface area contributed by atoms with Gasteiger partial charge in [-0.15, -0.1) is 0 Å². The predicted molar refractivity (Wildman–Crippen MR) is 92.0 cm³/mol. The molecule has 0 aliphatic heterocycles. The highest BCUT2D eigenvalue weighted by Crippen LogP contribution is 2.20. The number of ether oxygens (including phenoxy) is 1. The molecule has 2 heterocycles. The largest absolute Gasteiger partial charge is 0.484 e. The van der Waals surface area contributed by atoms with E-state index in [2.05, 4.69) is 9.97 Å². The third kappa shape index (κ3) is 4.05. The van der Waals surface area contributed by atoms with E-state index in [9.17, 15) is 9.18 Å². The van der Waals surface area contributed by atoms with Gasteiger partial charge in [-0.3, -0.25) is 9.78 Å². The quantitative estimate of drug-likeness (QED) is 0.675. The van der Waals surface area contributed by atoms with Gasteiger partial charge in [0.25, 0.3) is 5.91 Å². The number of oxazole rings is 1. The van der Waals surface area contributed by atoms with Crippen molar-refractivity contribution in [2.24, 2.45) is 0 Å². The molecule has 0 fully saturated rings. The highest BCUT2D eigenvalue weighted by molar-refractivity contribution is 5.92. The van der Waals surface area contributed by atoms with Crippen molar-refractivity contribution in [2.45, 2.75) is 19.6 Å². The monoisotopic (exact) mass is 355 g/mol. The second-order valence-electron chi connectivity index (χ2n) is 5.75. The summed E-state index contributed by atoms with van der Waals surface area (Å²) in [5.74, 6) is 0.144. The summed E-state index contributed by atoms with van der Waals surface area (Å²) in [5.41, 5.74) is 1.12. The van der Waals surface area contributed by atoms with Crippen LogP contribution in [0, 0.1) is 5.82 Å². The summed E-state index contributed by atoms with van der Waals surface area (Å²) >= 11 is 0. The fourth-order valence-electron chi connectivity index (χ4n) is 2.35. The van der Waals surface area contributed by atoms with Gasteiger partial charge in [-0.05, 0) is 42.8 Å². The van der Waals surface area contributed by atoms with Gasteiger partial charge in [0.2, 0.25) is 5.89 Å². The standard InChI is InChI=1S/C19H18FN3O3/c1-13(14-4-3-9-21-10-14)23(2)19(24)17-11-26-18(22-17)12-25-16-7-5-15(20)6-8-16/h3-11,13H,12H2,1-2H3. The Morgan fingerprint density at radius 1 is 1.31 bits per heavy atom. The smallest absolute Gasteiger partial charge is 0.276 e. The van der Waals surface area contributed by atoms with E-state index < -0.39 is 0 Å². The molecule has 1 unspecified atom stereocenters. The molecule has 1 aromatic carbocycles. The molecule has 1 amide bonds. The van der Waals surface area contributed by atoms with E-state index in [1.165, 1.54) is 30.5 Å². The molecule has 1 atom stereocenters. The zero-order chi connectivity index (χ0) is 18.5. The molecule has 2 aromatic heterocycles. The number of benzene rings is 1. The number of hydrogen-bond donors (Lipinski definition) is 0. The number of hydrogen-bond acceptors (Lipinski definition) is 5. The fourth-order valence-corrected chi connectivity index (χ4v) is 2.35. The van der Waals surface area contributed by atoms with E-state index in [0.29, 0.717) is 5.75 Å². The number of rotatable bonds is 6. The van der Waals surface area contributed by atoms with Gasteiger partial charge < -0.3 is 14.1 Å². The first kappa shape index (κ1) is 17.6. The van der Waals surface area contributed by atoms with E-state index in [-0.39, 0.29) is 36.0 Å². The van der Waals surface area contributed by atoms with Crippen LogP contribution in [0.2, 0.25) is 0 Å². The van der Waals surface area contributed by atoms with Gasteiger partial charge in [0, 0.05) is 19.4 Å². The second kappa shape index (κ2) is 7.77. The van der Waals surface area contributed by atoms with Crippen molar-refractivity contribution in [3.05, 3.63) is 78.0 Å². The van der Waals surface area contributed by atoms with E-state index >= 15 is 0 Å². The molecule has 3 aromatic rings. The molecule has 7 heteroatoms. The summed E-state index contributed by atoms with van der Waals surface area (Å²) < 4.78 is 23.6.